The van der Waals surface area contributed by atoms with Crippen LogP contribution in [-0.4, -0.2) is 30.2 Å². The number of ether oxygens (including phenoxy) is 2. The highest BCUT2D eigenvalue weighted by molar-refractivity contribution is 6.12. The number of rotatable bonds is 4. The normalized spacial score (nSPS) is 25.9. The number of aryl methyl sites for hydroxylation is 2. The van der Waals surface area contributed by atoms with Crippen LogP contribution in [0.1, 0.15) is 34.5 Å². The quantitative estimate of drug-likeness (QED) is 0.568. The molecule has 3 atom stereocenters. The van der Waals surface area contributed by atoms with E-state index in [9.17, 15) is 4.79 Å². The molecule has 2 aliphatic carbocycles. The van der Waals surface area contributed by atoms with Gasteiger partial charge < -0.3 is 14.0 Å². The monoisotopic (exact) mass is 425 g/mol. The topological polar surface area (TPSA) is 40.5 Å². The summed E-state index contributed by atoms with van der Waals surface area (Å²) in [5.74, 6) is 1.08. The second kappa shape index (κ2) is 7.49. The fourth-order valence-corrected chi connectivity index (χ4v) is 5.86. The van der Waals surface area contributed by atoms with Crippen molar-refractivity contribution in [1.82, 2.24) is 4.57 Å². The molecule has 3 aromatic rings. The van der Waals surface area contributed by atoms with Crippen LogP contribution in [0.3, 0.4) is 0 Å². The minimum absolute atomic E-state index is 0.0750. The number of carbonyl (C=O) groups excluding carboxylic acids is 1. The molecule has 2 heterocycles. The zero-order valence-electron chi connectivity index (χ0n) is 18.5. The number of fused-ring (bicyclic) bond motifs is 7. The molecule has 6 rings (SSSR count). The summed E-state index contributed by atoms with van der Waals surface area (Å²) < 4.78 is 14.1. The average molecular weight is 426 g/mol. The number of hydrogen-bond donors (Lipinski definition) is 0. The Labute approximate surface area is 188 Å². The third kappa shape index (κ3) is 2.75. The fraction of sp³-hybridized carbons (Fsp3) is 0.321. The molecule has 162 valence electrons. The van der Waals surface area contributed by atoms with Crippen LogP contribution in [0.15, 0.2) is 72.0 Å². The highest BCUT2D eigenvalue weighted by Gasteiger charge is 2.50. The van der Waals surface area contributed by atoms with Crippen molar-refractivity contribution in [2.45, 2.75) is 25.4 Å². The highest BCUT2D eigenvalue weighted by atomic mass is 16.5. The van der Waals surface area contributed by atoms with Gasteiger partial charge in [0.2, 0.25) is 0 Å². The van der Waals surface area contributed by atoms with Gasteiger partial charge in [-0.05, 0) is 42.5 Å². The lowest BCUT2D eigenvalue weighted by Crippen LogP contribution is -2.36. The first-order chi connectivity index (χ1) is 15.7. The number of nitrogens with zero attached hydrogens (tertiary/aromatic N) is 1. The van der Waals surface area contributed by atoms with Crippen molar-refractivity contribution >= 4 is 22.3 Å². The number of Topliss-reactive ketones (excluding diaryl/α,β-unsaturated/α-hetero) is 1. The predicted octanol–water partition coefficient (Wildman–Crippen LogP) is 5.33. The molecule has 0 spiro atoms. The van der Waals surface area contributed by atoms with E-state index < -0.39 is 0 Å². The van der Waals surface area contributed by atoms with Gasteiger partial charge in [-0.1, -0.05) is 48.5 Å². The minimum Gasteiger partial charge on any atom is -0.497 e. The van der Waals surface area contributed by atoms with Crippen molar-refractivity contribution in [1.29, 1.82) is 0 Å². The first-order valence-corrected chi connectivity index (χ1v) is 11.5. The van der Waals surface area contributed by atoms with E-state index in [4.69, 9.17) is 9.47 Å². The number of para-hydroxylation sites is 1. The van der Waals surface area contributed by atoms with Gasteiger partial charge in [-0.25, -0.2) is 0 Å². The van der Waals surface area contributed by atoms with Crippen LogP contribution in [0.25, 0.3) is 16.5 Å². The number of hydrogen-bond acceptors (Lipinski definition) is 3. The zero-order chi connectivity index (χ0) is 21.8. The highest BCUT2D eigenvalue weighted by Crippen LogP contribution is 2.55. The van der Waals surface area contributed by atoms with E-state index in [2.05, 4.69) is 53.1 Å². The molecule has 32 heavy (non-hydrogen) atoms. The molecule has 4 nitrogen and oxygen atoms in total. The lowest BCUT2D eigenvalue weighted by atomic mass is 9.68. The molecule has 2 aromatic carbocycles. The molecular weight excluding hydrogens is 398 g/mol. The second-order valence-electron chi connectivity index (χ2n) is 9.04. The summed E-state index contributed by atoms with van der Waals surface area (Å²) >= 11 is 0. The maximum atomic E-state index is 14.1. The summed E-state index contributed by atoms with van der Waals surface area (Å²) in [5.41, 5.74) is 6.67. The average Bonchev–Trinajstić information content (AvgIpc) is 3.35. The molecule has 0 N–H and O–H groups in total. The number of benzene rings is 2. The van der Waals surface area contributed by atoms with Gasteiger partial charge in [0.05, 0.1) is 18.9 Å². The Bertz CT molecular complexity index is 1280. The van der Waals surface area contributed by atoms with Crippen molar-refractivity contribution in [3.8, 4) is 0 Å². The Kier molecular flexibility index (Phi) is 4.58. The minimum atomic E-state index is -0.249. The van der Waals surface area contributed by atoms with Crippen LogP contribution in [0, 0.1) is 11.8 Å². The summed E-state index contributed by atoms with van der Waals surface area (Å²) in [4.78, 5) is 14.1. The van der Waals surface area contributed by atoms with Crippen LogP contribution in [0.4, 0.5) is 0 Å². The van der Waals surface area contributed by atoms with E-state index in [-0.39, 0.29) is 17.8 Å². The van der Waals surface area contributed by atoms with Crippen molar-refractivity contribution in [2.24, 2.45) is 18.9 Å². The van der Waals surface area contributed by atoms with Gasteiger partial charge in [-0.2, -0.15) is 0 Å². The summed E-state index contributed by atoms with van der Waals surface area (Å²) in [6, 6.07) is 18.7. The molecule has 0 radical (unpaired) electrons. The molecule has 0 saturated carbocycles. The van der Waals surface area contributed by atoms with Crippen molar-refractivity contribution in [3.05, 3.63) is 88.8 Å². The van der Waals surface area contributed by atoms with Crippen molar-refractivity contribution < 1.29 is 14.3 Å². The molecule has 1 aromatic heterocycles. The number of ketones is 1. The Morgan fingerprint density at radius 1 is 1.06 bits per heavy atom. The molecule has 3 aliphatic rings. The maximum Gasteiger partial charge on any atom is 0.186 e. The summed E-state index contributed by atoms with van der Waals surface area (Å²) in [6.07, 6.45) is 4.71. The number of carbonyl (C=O) groups is 1. The third-order valence-corrected chi connectivity index (χ3v) is 7.41. The lowest BCUT2D eigenvalue weighted by molar-refractivity contribution is 0.0919. The van der Waals surface area contributed by atoms with Gasteiger partial charge in [0.1, 0.15) is 5.76 Å². The molecule has 0 bridgehead atoms. The molecule has 1 saturated heterocycles. The second-order valence-corrected chi connectivity index (χ2v) is 9.04. The largest absolute Gasteiger partial charge is 0.497 e. The first kappa shape index (κ1) is 19.6. The first-order valence-electron chi connectivity index (χ1n) is 11.5. The lowest BCUT2D eigenvalue weighted by Gasteiger charge is -2.39. The van der Waals surface area contributed by atoms with E-state index in [1.165, 1.54) is 11.1 Å². The van der Waals surface area contributed by atoms with Crippen LogP contribution in [0.5, 0.6) is 0 Å². The SMILES string of the molecule is CO/C1=C/C(CCc2ccccc2)C(=O)c2c(c3ccccc3n2C)C2=C1C1OCCC21. The van der Waals surface area contributed by atoms with Gasteiger partial charge in [0, 0.05) is 47.5 Å². The summed E-state index contributed by atoms with van der Waals surface area (Å²) in [6.45, 7) is 0.755. The zero-order valence-corrected chi connectivity index (χ0v) is 18.5. The Hall–Kier alpha value is -3.11. The number of aromatic nitrogens is 1. The van der Waals surface area contributed by atoms with Crippen LogP contribution in [0.2, 0.25) is 0 Å². The van der Waals surface area contributed by atoms with E-state index in [1.54, 1.807) is 7.11 Å². The molecule has 1 aliphatic heterocycles. The van der Waals surface area contributed by atoms with Gasteiger partial charge in [-0.3, -0.25) is 4.79 Å². The van der Waals surface area contributed by atoms with Crippen LogP contribution >= 0.6 is 0 Å². The van der Waals surface area contributed by atoms with E-state index in [0.717, 1.165) is 59.4 Å². The van der Waals surface area contributed by atoms with Gasteiger partial charge in [-0.15, -0.1) is 0 Å². The predicted molar refractivity (Wildman–Crippen MR) is 125 cm³/mol. The molecule has 4 heteroatoms. The van der Waals surface area contributed by atoms with E-state index in [1.807, 2.05) is 19.2 Å². The van der Waals surface area contributed by atoms with E-state index >= 15 is 0 Å². The number of allylic oxidation sites excluding steroid dienone is 1. The third-order valence-electron chi connectivity index (χ3n) is 7.41. The standard InChI is InChI=1S/C28H27NO3/c1-29-21-11-7-6-10-19(21)24-23-20-14-15-32-28(20)25(23)22(31-2)16-18(27(30)26(24)29)13-12-17-8-4-3-5-9-17/h3-11,16,18,20,28H,12-15H2,1-2H3/b22-16+. The summed E-state index contributed by atoms with van der Waals surface area (Å²) in [7, 11) is 3.74. The fourth-order valence-electron chi connectivity index (χ4n) is 5.86. The van der Waals surface area contributed by atoms with Crippen LogP contribution in [-0.2, 0) is 22.9 Å². The van der Waals surface area contributed by atoms with Crippen molar-refractivity contribution in [2.75, 3.05) is 13.7 Å². The molecular formula is C28H27NO3. The van der Waals surface area contributed by atoms with E-state index in [0.29, 0.717) is 5.92 Å². The smallest absolute Gasteiger partial charge is 0.186 e. The number of methoxy groups -OCH3 is 1. The molecule has 0 amide bonds. The summed E-state index contributed by atoms with van der Waals surface area (Å²) in [5, 5.41) is 1.15. The Morgan fingerprint density at radius 3 is 2.66 bits per heavy atom. The van der Waals surface area contributed by atoms with Gasteiger partial charge in [0.15, 0.2) is 5.78 Å². The van der Waals surface area contributed by atoms with Gasteiger partial charge >= 0.3 is 0 Å². The molecule has 1 fully saturated rings. The van der Waals surface area contributed by atoms with Crippen LogP contribution < -0.4 is 0 Å². The molecule has 3 unspecified atom stereocenters. The maximum absolute atomic E-state index is 14.1. The van der Waals surface area contributed by atoms with Gasteiger partial charge in [0.25, 0.3) is 0 Å². The van der Waals surface area contributed by atoms with Crippen molar-refractivity contribution in [3.63, 3.8) is 0 Å². The Balaban J connectivity index is 1.54. The Morgan fingerprint density at radius 2 is 1.84 bits per heavy atom.